The van der Waals surface area contributed by atoms with E-state index in [9.17, 15) is 9.59 Å². The zero-order chi connectivity index (χ0) is 17.3. The summed E-state index contributed by atoms with van der Waals surface area (Å²) in [4.78, 5) is 25.5. The quantitative estimate of drug-likeness (QED) is 0.780. The molecule has 3 N–H and O–H groups in total. The molecule has 2 fully saturated rings. The molecule has 7 nitrogen and oxygen atoms in total. The standard InChI is InChI=1S/C16H20ClN3O4.ClH/c1-23-13-3-9(2-12(17)15(13)24-8-14(18)21)16(22)20-6-10-4-19-5-11(10)7-20;/h2-3,10-11,19H,4-8H2,1H3,(H2,18,21);1H/t10-,11+;. The van der Waals surface area contributed by atoms with Crippen molar-refractivity contribution in [2.75, 3.05) is 39.9 Å². The van der Waals surface area contributed by atoms with Crippen LogP contribution in [0.4, 0.5) is 0 Å². The normalized spacial score (nSPS) is 21.4. The monoisotopic (exact) mass is 389 g/mol. The Morgan fingerprint density at radius 1 is 1.32 bits per heavy atom. The maximum absolute atomic E-state index is 12.8. The molecule has 9 heteroatoms. The number of primary amides is 1. The summed E-state index contributed by atoms with van der Waals surface area (Å²) in [7, 11) is 1.45. The van der Waals surface area contributed by atoms with Gasteiger partial charge in [0.15, 0.2) is 18.1 Å². The number of carbonyl (C=O) groups is 2. The second-order valence-electron chi connectivity index (χ2n) is 6.13. The Hall–Kier alpha value is -1.70. The highest BCUT2D eigenvalue weighted by atomic mass is 35.5. The Labute approximate surface area is 157 Å². The van der Waals surface area contributed by atoms with E-state index in [1.165, 1.54) is 13.2 Å². The smallest absolute Gasteiger partial charge is 0.255 e. The van der Waals surface area contributed by atoms with Gasteiger partial charge in [-0.3, -0.25) is 9.59 Å². The van der Waals surface area contributed by atoms with Crippen molar-refractivity contribution in [1.82, 2.24) is 10.2 Å². The number of rotatable bonds is 5. The van der Waals surface area contributed by atoms with Gasteiger partial charge in [-0.05, 0) is 24.0 Å². The molecule has 1 aromatic rings. The number of ether oxygens (including phenoxy) is 2. The summed E-state index contributed by atoms with van der Waals surface area (Å²) >= 11 is 6.21. The molecule has 2 aliphatic heterocycles. The van der Waals surface area contributed by atoms with Gasteiger partial charge in [-0.1, -0.05) is 11.6 Å². The van der Waals surface area contributed by atoms with Crippen LogP contribution in [0.1, 0.15) is 10.4 Å². The van der Waals surface area contributed by atoms with Crippen LogP contribution in [0.5, 0.6) is 11.5 Å². The van der Waals surface area contributed by atoms with E-state index in [2.05, 4.69) is 5.32 Å². The topological polar surface area (TPSA) is 93.9 Å². The van der Waals surface area contributed by atoms with Gasteiger partial charge in [-0.2, -0.15) is 0 Å². The third kappa shape index (κ3) is 4.11. The first-order chi connectivity index (χ1) is 11.5. The van der Waals surface area contributed by atoms with Crippen molar-refractivity contribution < 1.29 is 19.1 Å². The van der Waals surface area contributed by atoms with Crippen LogP contribution in [0, 0.1) is 11.8 Å². The fraction of sp³-hybridized carbons (Fsp3) is 0.500. The van der Waals surface area contributed by atoms with Crippen LogP contribution in [0.15, 0.2) is 12.1 Å². The first kappa shape index (κ1) is 19.6. The Morgan fingerprint density at radius 2 is 1.96 bits per heavy atom. The highest BCUT2D eigenvalue weighted by Crippen LogP contribution is 2.37. The van der Waals surface area contributed by atoms with Crippen molar-refractivity contribution in [2.24, 2.45) is 17.6 Å². The van der Waals surface area contributed by atoms with Gasteiger partial charge in [-0.25, -0.2) is 0 Å². The lowest BCUT2D eigenvalue weighted by molar-refractivity contribution is -0.119. The van der Waals surface area contributed by atoms with Crippen molar-refractivity contribution in [3.8, 4) is 11.5 Å². The number of hydrogen-bond donors (Lipinski definition) is 2. The Kier molecular flexibility index (Phi) is 6.37. The fourth-order valence-corrected chi connectivity index (χ4v) is 3.60. The zero-order valence-electron chi connectivity index (χ0n) is 13.8. The Morgan fingerprint density at radius 3 is 2.52 bits per heavy atom. The van der Waals surface area contributed by atoms with Gasteiger partial charge in [0.25, 0.3) is 11.8 Å². The lowest BCUT2D eigenvalue weighted by atomic mass is 10.0. The summed E-state index contributed by atoms with van der Waals surface area (Å²) in [6.45, 7) is 3.09. The molecule has 0 spiro atoms. The summed E-state index contributed by atoms with van der Waals surface area (Å²) in [6, 6.07) is 3.12. The van der Waals surface area contributed by atoms with Crippen LogP contribution in [0.25, 0.3) is 0 Å². The molecule has 0 aliphatic carbocycles. The van der Waals surface area contributed by atoms with E-state index in [4.69, 9.17) is 26.8 Å². The number of hydrogen-bond acceptors (Lipinski definition) is 5. The number of methoxy groups -OCH3 is 1. The van der Waals surface area contributed by atoms with Gasteiger partial charge < -0.3 is 25.4 Å². The fourth-order valence-electron chi connectivity index (χ4n) is 3.33. The molecule has 0 bridgehead atoms. The van der Waals surface area contributed by atoms with Gasteiger partial charge in [0.05, 0.1) is 12.1 Å². The predicted octanol–water partition coefficient (Wildman–Crippen LogP) is 0.926. The van der Waals surface area contributed by atoms with Crippen molar-refractivity contribution in [3.63, 3.8) is 0 Å². The van der Waals surface area contributed by atoms with Crippen LogP contribution in [0.3, 0.4) is 0 Å². The lowest BCUT2D eigenvalue weighted by Gasteiger charge is -2.19. The number of benzene rings is 1. The summed E-state index contributed by atoms with van der Waals surface area (Å²) in [5.41, 5.74) is 5.51. The van der Waals surface area contributed by atoms with Crippen LogP contribution in [-0.2, 0) is 4.79 Å². The SMILES string of the molecule is COc1cc(C(=O)N2C[C@H]3CNC[C@H]3C2)cc(Cl)c1OCC(N)=O.Cl. The van der Waals surface area contributed by atoms with E-state index < -0.39 is 5.91 Å². The molecule has 2 amide bonds. The maximum Gasteiger partial charge on any atom is 0.255 e. The first-order valence-corrected chi connectivity index (χ1v) is 8.16. The number of nitrogens with zero attached hydrogens (tertiary/aromatic N) is 1. The summed E-state index contributed by atoms with van der Waals surface area (Å²) in [5, 5.41) is 3.56. The number of amides is 2. The molecule has 0 radical (unpaired) electrons. The van der Waals surface area contributed by atoms with Gasteiger partial charge in [0, 0.05) is 31.7 Å². The third-order valence-corrected chi connectivity index (χ3v) is 4.79. The largest absolute Gasteiger partial charge is 0.493 e. The maximum atomic E-state index is 12.8. The third-order valence-electron chi connectivity index (χ3n) is 4.51. The summed E-state index contributed by atoms with van der Waals surface area (Å²) < 4.78 is 10.5. The highest BCUT2D eigenvalue weighted by Gasteiger charge is 2.38. The van der Waals surface area contributed by atoms with E-state index >= 15 is 0 Å². The molecular weight excluding hydrogens is 369 g/mol. The number of nitrogens with two attached hydrogens (primary N) is 1. The van der Waals surface area contributed by atoms with Crippen LogP contribution >= 0.6 is 24.0 Å². The van der Waals surface area contributed by atoms with E-state index in [0.29, 0.717) is 23.1 Å². The minimum Gasteiger partial charge on any atom is -0.493 e. The summed E-state index contributed by atoms with van der Waals surface area (Å²) in [5.74, 6) is 0.843. The minimum absolute atomic E-state index is 0. The Bertz CT molecular complexity index is 659. The number of fused-ring (bicyclic) bond motifs is 1. The molecule has 0 saturated carbocycles. The average molecular weight is 390 g/mol. The van der Waals surface area contributed by atoms with Gasteiger partial charge in [-0.15, -0.1) is 12.4 Å². The van der Waals surface area contributed by atoms with Crippen LogP contribution in [-0.4, -0.2) is 56.6 Å². The molecule has 2 aliphatic rings. The van der Waals surface area contributed by atoms with Crippen molar-refractivity contribution in [2.45, 2.75) is 0 Å². The van der Waals surface area contributed by atoms with E-state index in [-0.39, 0.29) is 35.7 Å². The van der Waals surface area contributed by atoms with Crippen molar-refractivity contribution in [3.05, 3.63) is 22.7 Å². The van der Waals surface area contributed by atoms with Gasteiger partial charge >= 0.3 is 0 Å². The molecule has 0 unspecified atom stereocenters. The molecule has 1 aromatic carbocycles. The van der Waals surface area contributed by atoms with Crippen molar-refractivity contribution >= 4 is 35.8 Å². The van der Waals surface area contributed by atoms with Gasteiger partial charge in [0.1, 0.15) is 0 Å². The second kappa shape index (κ2) is 8.12. The molecule has 3 rings (SSSR count). The number of halogens is 2. The van der Waals surface area contributed by atoms with E-state index in [0.717, 1.165) is 26.2 Å². The first-order valence-electron chi connectivity index (χ1n) is 7.78. The number of carbonyl (C=O) groups excluding carboxylic acids is 2. The van der Waals surface area contributed by atoms with E-state index in [1.807, 2.05) is 4.90 Å². The van der Waals surface area contributed by atoms with Crippen molar-refractivity contribution in [1.29, 1.82) is 0 Å². The van der Waals surface area contributed by atoms with Gasteiger partial charge in [0.2, 0.25) is 0 Å². The highest BCUT2D eigenvalue weighted by molar-refractivity contribution is 6.32. The Balaban J connectivity index is 0.00000225. The second-order valence-corrected chi connectivity index (χ2v) is 6.54. The number of nitrogens with one attached hydrogen (secondary N) is 1. The molecule has 0 aromatic heterocycles. The lowest BCUT2D eigenvalue weighted by Crippen LogP contribution is -2.31. The minimum atomic E-state index is -0.620. The molecule has 2 atom stereocenters. The summed E-state index contributed by atoms with van der Waals surface area (Å²) in [6.07, 6.45) is 0. The molecule has 25 heavy (non-hydrogen) atoms. The van der Waals surface area contributed by atoms with Crippen LogP contribution < -0.4 is 20.5 Å². The zero-order valence-corrected chi connectivity index (χ0v) is 15.4. The molecular formula is C16H21Cl2N3O4. The van der Waals surface area contributed by atoms with E-state index in [1.54, 1.807) is 6.07 Å². The molecule has 2 heterocycles. The number of likely N-dealkylation sites (tertiary alicyclic amines) is 1. The average Bonchev–Trinajstić information content (AvgIpc) is 3.13. The predicted molar refractivity (Wildman–Crippen MR) is 95.7 cm³/mol. The molecule has 138 valence electrons. The van der Waals surface area contributed by atoms with Crippen LogP contribution in [0.2, 0.25) is 5.02 Å². The molecule has 2 saturated heterocycles.